The molecule has 1 atom stereocenters. The molecule has 0 bridgehead atoms. The second-order valence-electron chi connectivity index (χ2n) is 6.73. The molecular formula is C21H20BrN3O3. The van der Waals surface area contributed by atoms with E-state index in [0.717, 1.165) is 29.4 Å². The van der Waals surface area contributed by atoms with Crippen LogP contribution in [0.2, 0.25) is 0 Å². The highest BCUT2D eigenvalue weighted by molar-refractivity contribution is 9.10. The van der Waals surface area contributed by atoms with Crippen LogP contribution in [-0.4, -0.2) is 41.1 Å². The Morgan fingerprint density at radius 1 is 1.21 bits per heavy atom. The van der Waals surface area contributed by atoms with E-state index in [0.29, 0.717) is 29.6 Å². The fraction of sp³-hybridized carbons (Fsp3) is 0.286. The molecule has 1 aliphatic rings. The number of hydrogen-bond donors (Lipinski definition) is 0. The van der Waals surface area contributed by atoms with Gasteiger partial charge in [0.05, 0.1) is 18.2 Å². The number of para-hydroxylation sites is 1. The molecule has 0 saturated carbocycles. The topological polar surface area (TPSA) is 68.5 Å². The molecule has 144 valence electrons. The Morgan fingerprint density at radius 2 is 2.00 bits per heavy atom. The largest absolute Gasteiger partial charge is 0.496 e. The average Bonchev–Trinajstić information content (AvgIpc) is 3.24. The summed E-state index contributed by atoms with van der Waals surface area (Å²) in [5, 5.41) is 4.19. The van der Waals surface area contributed by atoms with Gasteiger partial charge in [0.2, 0.25) is 0 Å². The molecule has 1 aliphatic heterocycles. The minimum atomic E-state index is 0.0191. The van der Waals surface area contributed by atoms with Crippen LogP contribution in [0, 0.1) is 0 Å². The van der Waals surface area contributed by atoms with Crippen molar-refractivity contribution < 1.29 is 14.1 Å². The first-order chi connectivity index (χ1) is 13.7. The molecule has 0 radical (unpaired) electrons. The summed E-state index contributed by atoms with van der Waals surface area (Å²) >= 11 is 3.47. The third-order valence-electron chi connectivity index (χ3n) is 4.96. The number of hydrogen-bond acceptors (Lipinski definition) is 5. The van der Waals surface area contributed by atoms with E-state index in [-0.39, 0.29) is 11.8 Å². The van der Waals surface area contributed by atoms with Gasteiger partial charge in [0.1, 0.15) is 5.75 Å². The number of rotatable bonds is 4. The second-order valence-corrected chi connectivity index (χ2v) is 7.58. The van der Waals surface area contributed by atoms with Gasteiger partial charge >= 0.3 is 0 Å². The molecule has 1 aromatic heterocycles. The predicted molar refractivity (Wildman–Crippen MR) is 108 cm³/mol. The molecule has 6 nitrogen and oxygen atoms in total. The molecule has 2 heterocycles. The molecule has 0 aliphatic carbocycles. The van der Waals surface area contributed by atoms with E-state index in [4.69, 9.17) is 9.26 Å². The molecule has 1 amide bonds. The van der Waals surface area contributed by atoms with Gasteiger partial charge in [-0.25, -0.2) is 0 Å². The third kappa shape index (κ3) is 3.67. The van der Waals surface area contributed by atoms with Crippen molar-refractivity contribution in [2.24, 2.45) is 0 Å². The summed E-state index contributed by atoms with van der Waals surface area (Å²) in [6.07, 6.45) is 1.82. The maximum atomic E-state index is 12.9. The maximum absolute atomic E-state index is 12.9. The zero-order chi connectivity index (χ0) is 19.5. The van der Waals surface area contributed by atoms with Crippen LogP contribution in [0.5, 0.6) is 5.75 Å². The molecule has 0 spiro atoms. The van der Waals surface area contributed by atoms with Crippen LogP contribution in [0.3, 0.4) is 0 Å². The highest BCUT2D eigenvalue weighted by Crippen LogP contribution is 2.32. The maximum Gasteiger partial charge on any atom is 0.261 e. The van der Waals surface area contributed by atoms with Crippen LogP contribution in [0.1, 0.15) is 34.9 Å². The first-order valence-corrected chi connectivity index (χ1v) is 9.97. The number of methoxy groups -OCH3 is 1. The van der Waals surface area contributed by atoms with Crippen molar-refractivity contribution in [2.45, 2.75) is 18.8 Å². The van der Waals surface area contributed by atoms with E-state index >= 15 is 0 Å². The Bertz CT molecular complexity index is 988. The van der Waals surface area contributed by atoms with Gasteiger partial charge in [0.25, 0.3) is 11.8 Å². The Balaban J connectivity index is 1.54. The van der Waals surface area contributed by atoms with Crippen molar-refractivity contribution in [3.05, 3.63) is 64.4 Å². The first kappa shape index (κ1) is 18.7. The smallest absolute Gasteiger partial charge is 0.261 e. The normalized spacial score (nSPS) is 16.8. The molecule has 1 saturated heterocycles. The van der Waals surface area contributed by atoms with Gasteiger partial charge in [0, 0.05) is 23.5 Å². The molecule has 0 N–H and O–H groups in total. The summed E-state index contributed by atoms with van der Waals surface area (Å²) in [6.45, 7) is 1.30. The van der Waals surface area contributed by atoms with E-state index in [1.807, 2.05) is 53.4 Å². The van der Waals surface area contributed by atoms with Crippen LogP contribution >= 0.6 is 15.9 Å². The lowest BCUT2D eigenvalue weighted by Gasteiger charge is -2.31. The molecule has 0 unspecified atom stereocenters. The number of halogens is 1. The van der Waals surface area contributed by atoms with Gasteiger partial charge in [0.15, 0.2) is 5.82 Å². The second kappa shape index (κ2) is 8.14. The number of carbonyl (C=O) groups excluding carboxylic acids is 1. The average molecular weight is 442 g/mol. The summed E-state index contributed by atoms with van der Waals surface area (Å²) in [6, 6.07) is 15.0. The number of benzene rings is 2. The van der Waals surface area contributed by atoms with Gasteiger partial charge in [-0.05, 0) is 53.0 Å². The lowest BCUT2D eigenvalue weighted by molar-refractivity contribution is 0.0702. The number of carbonyl (C=O) groups is 1. The zero-order valence-electron chi connectivity index (χ0n) is 15.5. The van der Waals surface area contributed by atoms with E-state index in [2.05, 4.69) is 26.1 Å². The molecule has 7 heteroatoms. The van der Waals surface area contributed by atoms with E-state index in [9.17, 15) is 4.79 Å². The third-order valence-corrected chi connectivity index (χ3v) is 5.65. The number of likely N-dealkylation sites (tertiary alicyclic amines) is 1. The Kier molecular flexibility index (Phi) is 5.43. The summed E-state index contributed by atoms with van der Waals surface area (Å²) in [7, 11) is 1.61. The van der Waals surface area contributed by atoms with Crippen LogP contribution in [0.15, 0.2) is 57.5 Å². The molecule has 3 aromatic rings. The van der Waals surface area contributed by atoms with Crippen LogP contribution in [0.4, 0.5) is 0 Å². The van der Waals surface area contributed by atoms with Crippen molar-refractivity contribution in [3.8, 4) is 17.2 Å². The summed E-state index contributed by atoms with van der Waals surface area (Å²) in [4.78, 5) is 19.4. The van der Waals surface area contributed by atoms with Gasteiger partial charge in [-0.15, -0.1) is 0 Å². The van der Waals surface area contributed by atoms with Crippen molar-refractivity contribution in [2.75, 3.05) is 20.2 Å². The highest BCUT2D eigenvalue weighted by atomic mass is 79.9. The van der Waals surface area contributed by atoms with E-state index in [1.54, 1.807) is 7.11 Å². The first-order valence-electron chi connectivity index (χ1n) is 9.18. The number of aromatic nitrogens is 2. The summed E-state index contributed by atoms with van der Waals surface area (Å²) in [5.41, 5.74) is 1.44. The van der Waals surface area contributed by atoms with E-state index in [1.165, 1.54) is 0 Å². The van der Waals surface area contributed by atoms with Crippen molar-refractivity contribution >= 4 is 21.8 Å². The molecule has 28 heavy (non-hydrogen) atoms. The van der Waals surface area contributed by atoms with Gasteiger partial charge in [-0.1, -0.05) is 29.4 Å². The fourth-order valence-electron chi connectivity index (χ4n) is 3.51. The number of amides is 1. The number of nitrogens with zero attached hydrogens (tertiary/aromatic N) is 3. The minimum absolute atomic E-state index is 0.0191. The fourth-order valence-corrected chi connectivity index (χ4v) is 3.96. The van der Waals surface area contributed by atoms with Crippen LogP contribution in [0.25, 0.3) is 11.5 Å². The quantitative estimate of drug-likeness (QED) is 0.594. The van der Waals surface area contributed by atoms with Crippen molar-refractivity contribution in [1.29, 1.82) is 0 Å². The van der Waals surface area contributed by atoms with Crippen LogP contribution < -0.4 is 4.74 Å². The van der Waals surface area contributed by atoms with Crippen molar-refractivity contribution in [3.63, 3.8) is 0 Å². The number of ether oxygens (including phenoxy) is 1. The monoisotopic (exact) mass is 441 g/mol. The van der Waals surface area contributed by atoms with Gasteiger partial charge < -0.3 is 14.2 Å². The van der Waals surface area contributed by atoms with E-state index < -0.39 is 0 Å². The van der Waals surface area contributed by atoms with Crippen LogP contribution in [-0.2, 0) is 0 Å². The zero-order valence-corrected chi connectivity index (χ0v) is 17.1. The molecule has 1 fully saturated rings. The Labute approximate surface area is 171 Å². The lowest BCUT2D eigenvalue weighted by atomic mass is 9.96. The summed E-state index contributed by atoms with van der Waals surface area (Å²) in [5.74, 6) is 1.82. The Hall–Kier alpha value is -2.67. The predicted octanol–water partition coefficient (Wildman–Crippen LogP) is 4.53. The van der Waals surface area contributed by atoms with Gasteiger partial charge in [-0.2, -0.15) is 4.98 Å². The standard InChI is InChI=1S/C21H20BrN3O3/c1-27-18-11-5-3-9-16(18)20-23-19(24-28-20)14-7-6-12-25(13-14)21(26)15-8-2-4-10-17(15)22/h2-5,8-11,14H,6-7,12-13H2,1H3/t14-/m0/s1. The SMILES string of the molecule is COc1ccccc1-c1nc([C@H]2CCCN(C(=O)c3ccccc3Br)C2)no1. The molecule has 2 aromatic carbocycles. The van der Waals surface area contributed by atoms with Crippen molar-refractivity contribution in [1.82, 2.24) is 15.0 Å². The lowest BCUT2D eigenvalue weighted by Crippen LogP contribution is -2.39. The Morgan fingerprint density at radius 3 is 2.82 bits per heavy atom. The highest BCUT2D eigenvalue weighted by Gasteiger charge is 2.29. The minimum Gasteiger partial charge on any atom is -0.496 e. The number of piperidine rings is 1. The molecular weight excluding hydrogens is 422 g/mol. The van der Waals surface area contributed by atoms with Gasteiger partial charge in [-0.3, -0.25) is 4.79 Å². The summed E-state index contributed by atoms with van der Waals surface area (Å²) < 4.78 is 11.7. The molecule has 4 rings (SSSR count).